The van der Waals surface area contributed by atoms with Crippen molar-refractivity contribution in [1.29, 1.82) is 0 Å². The molecule has 8 nitrogen and oxygen atoms in total. The highest BCUT2D eigenvalue weighted by atomic mass is 16.6. The van der Waals surface area contributed by atoms with Crippen LogP contribution in [0.25, 0.3) is 0 Å². The van der Waals surface area contributed by atoms with Crippen molar-refractivity contribution >= 4 is 23.6 Å². The van der Waals surface area contributed by atoms with E-state index in [0.717, 1.165) is 44.5 Å². The second kappa shape index (κ2) is 11.0. The molecule has 3 rings (SSSR count). The molecule has 2 aliphatic heterocycles. The molecule has 164 valence electrons. The first-order valence-electron chi connectivity index (χ1n) is 11.0. The number of piperidine rings is 2. The lowest BCUT2D eigenvalue weighted by atomic mass is 9.95. The maximum Gasteiger partial charge on any atom is 0.409 e. The molecule has 0 aromatic heterocycles. The van der Waals surface area contributed by atoms with Crippen LogP contribution in [0.5, 0.6) is 0 Å². The Bertz CT molecular complexity index is 711. The fraction of sp³-hybridized carbons (Fsp3) is 0.591. The Hall–Kier alpha value is -2.61. The summed E-state index contributed by atoms with van der Waals surface area (Å²) in [6, 6.07) is 9.62. The van der Waals surface area contributed by atoms with Gasteiger partial charge in [0, 0.05) is 43.6 Å². The number of rotatable bonds is 6. The predicted molar refractivity (Wildman–Crippen MR) is 113 cm³/mol. The summed E-state index contributed by atoms with van der Waals surface area (Å²) in [5.41, 5.74) is 0.825. The molecule has 0 atom stereocenters. The van der Waals surface area contributed by atoms with E-state index in [1.54, 1.807) is 11.8 Å². The SMILES string of the molecule is CCOC(=O)N1CCC(NC(=O)C[NH+]2CCC(C(=O)Nc3ccccc3)CC2)CC1. The molecule has 0 unspecified atom stereocenters. The van der Waals surface area contributed by atoms with Crippen molar-refractivity contribution in [3.63, 3.8) is 0 Å². The fourth-order valence-corrected chi connectivity index (χ4v) is 4.16. The van der Waals surface area contributed by atoms with Crippen molar-refractivity contribution in [1.82, 2.24) is 10.2 Å². The third-order valence-corrected chi connectivity index (χ3v) is 5.90. The highest BCUT2D eigenvalue weighted by Gasteiger charge is 2.30. The molecule has 3 amide bonds. The molecule has 2 fully saturated rings. The maximum atomic E-state index is 12.4. The van der Waals surface area contributed by atoms with E-state index in [2.05, 4.69) is 10.6 Å². The van der Waals surface area contributed by atoms with Crippen LogP contribution in [0.3, 0.4) is 0 Å². The van der Waals surface area contributed by atoms with E-state index in [4.69, 9.17) is 4.74 Å². The van der Waals surface area contributed by atoms with Crippen molar-refractivity contribution in [3.8, 4) is 0 Å². The highest BCUT2D eigenvalue weighted by Crippen LogP contribution is 2.14. The second-order valence-corrected chi connectivity index (χ2v) is 8.08. The number of benzene rings is 1. The number of quaternary nitrogens is 1. The van der Waals surface area contributed by atoms with E-state index in [9.17, 15) is 14.4 Å². The van der Waals surface area contributed by atoms with E-state index >= 15 is 0 Å². The summed E-state index contributed by atoms with van der Waals surface area (Å²) in [6.45, 7) is 5.47. The number of carbonyl (C=O) groups is 3. The molecule has 1 aromatic carbocycles. The van der Waals surface area contributed by atoms with E-state index in [1.165, 1.54) is 4.90 Å². The fourth-order valence-electron chi connectivity index (χ4n) is 4.16. The summed E-state index contributed by atoms with van der Waals surface area (Å²) in [7, 11) is 0. The van der Waals surface area contributed by atoms with Crippen LogP contribution >= 0.6 is 0 Å². The number of hydrogen-bond donors (Lipinski definition) is 3. The van der Waals surface area contributed by atoms with Gasteiger partial charge >= 0.3 is 6.09 Å². The number of hydrogen-bond acceptors (Lipinski definition) is 4. The molecule has 0 bridgehead atoms. The minimum Gasteiger partial charge on any atom is -0.450 e. The highest BCUT2D eigenvalue weighted by molar-refractivity contribution is 5.92. The first-order valence-corrected chi connectivity index (χ1v) is 11.0. The first-order chi connectivity index (χ1) is 14.5. The molecule has 3 N–H and O–H groups in total. The standard InChI is InChI=1S/C22H32N4O4/c1-2-30-22(29)26-14-10-19(11-15-26)23-20(27)16-25-12-8-17(9-13-25)21(28)24-18-6-4-3-5-7-18/h3-7,17,19H,2,8-16H2,1H3,(H,23,27)(H,24,28)/p+1. The van der Waals surface area contributed by atoms with E-state index in [1.807, 2.05) is 30.3 Å². The third kappa shape index (κ3) is 6.45. The van der Waals surface area contributed by atoms with Gasteiger partial charge in [-0.15, -0.1) is 0 Å². The van der Waals surface area contributed by atoms with Crippen LogP contribution in [-0.4, -0.2) is 68.2 Å². The van der Waals surface area contributed by atoms with Gasteiger partial charge in [0.25, 0.3) is 5.91 Å². The molecule has 8 heteroatoms. The molecule has 0 radical (unpaired) electrons. The van der Waals surface area contributed by atoms with E-state index < -0.39 is 0 Å². The summed E-state index contributed by atoms with van der Waals surface area (Å²) >= 11 is 0. The smallest absolute Gasteiger partial charge is 0.409 e. The molecule has 0 spiro atoms. The first kappa shape index (κ1) is 22.1. The molecule has 30 heavy (non-hydrogen) atoms. The Morgan fingerprint density at radius 1 is 1.07 bits per heavy atom. The van der Waals surface area contributed by atoms with Gasteiger partial charge in [-0.2, -0.15) is 0 Å². The van der Waals surface area contributed by atoms with Crippen molar-refractivity contribution in [2.24, 2.45) is 5.92 Å². The van der Waals surface area contributed by atoms with Crippen LogP contribution in [-0.2, 0) is 14.3 Å². The minimum atomic E-state index is -0.272. The molecule has 2 aliphatic rings. The summed E-state index contributed by atoms with van der Waals surface area (Å²) in [4.78, 5) is 39.5. The van der Waals surface area contributed by atoms with Crippen LogP contribution in [0.2, 0.25) is 0 Å². The van der Waals surface area contributed by atoms with E-state index in [-0.39, 0.29) is 29.9 Å². The molecule has 1 aromatic rings. The van der Waals surface area contributed by atoms with Crippen molar-refractivity contribution in [3.05, 3.63) is 30.3 Å². The lowest BCUT2D eigenvalue weighted by molar-refractivity contribution is -0.897. The monoisotopic (exact) mass is 417 g/mol. The quantitative estimate of drug-likeness (QED) is 0.634. The number of likely N-dealkylation sites (tertiary alicyclic amines) is 2. The van der Waals surface area contributed by atoms with Crippen molar-refractivity contribution in [2.75, 3.05) is 44.6 Å². The minimum absolute atomic E-state index is 0.00391. The molecular formula is C22H33N4O4+. The van der Waals surface area contributed by atoms with Crippen LogP contribution in [0, 0.1) is 5.92 Å². The zero-order chi connectivity index (χ0) is 21.3. The Kier molecular flexibility index (Phi) is 8.07. The lowest BCUT2D eigenvalue weighted by Crippen LogP contribution is -3.14. The number of ether oxygens (including phenoxy) is 1. The van der Waals surface area contributed by atoms with Gasteiger partial charge in [0.2, 0.25) is 5.91 Å². The number of anilines is 1. The van der Waals surface area contributed by atoms with Crippen LogP contribution in [0.15, 0.2) is 30.3 Å². The van der Waals surface area contributed by atoms with Gasteiger partial charge < -0.3 is 25.2 Å². The van der Waals surface area contributed by atoms with Gasteiger partial charge in [-0.25, -0.2) is 4.79 Å². The van der Waals surface area contributed by atoms with Gasteiger partial charge in [-0.05, 0) is 31.9 Å². The van der Waals surface area contributed by atoms with Crippen LogP contribution < -0.4 is 15.5 Å². The average molecular weight is 418 g/mol. The summed E-state index contributed by atoms with van der Waals surface area (Å²) in [6.07, 6.45) is 2.81. The molecule has 0 saturated carbocycles. The zero-order valence-corrected chi connectivity index (χ0v) is 17.7. The Labute approximate surface area is 177 Å². The van der Waals surface area contributed by atoms with E-state index in [0.29, 0.717) is 26.2 Å². The molecule has 2 saturated heterocycles. The van der Waals surface area contributed by atoms with Gasteiger partial charge in [0.1, 0.15) is 0 Å². The van der Waals surface area contributed by atoms with Gasteiger partial charge in [0.05, 0.1) is 19.7 Å². The number of carbonyl (C=O) groups excluding carboxylic acids is 3. The van der Waals surface area contributed by atoms with Gasteiger partial charge in [-0.3, -0.25) is 9.59 Å². The van der Waals surface area contributed by atoms with Crippen LogP contribution in [0.4, 0.5) is 10.5 Å². The Balaban J connectivity index is 1.33. The number of para-hydroxylation sites is 1. The third-order valence-electron chi connectivity index (χ3n) is 5.90. The normalized spacial score (nSPS) is 22.2. The van der Waals surface area contributed by atoms with Gasteiger partial charge in [-0.1, -0.05) is 18.2 Å². The topological polar surface area (TPSA) is 92.2 Å². The number of nitrogens with one attached hydrogen (secondary N) is 3. The molecule has 0 aliphatic carbocycles. The maximum absolute atomic E-state index is 12.4. The van der Waals surface area contributed by atoms with Crippen molar-refractivity contribution < 1.29 is 24.0 Å². The number of nitrogens with zero attached hydrogens (tertiary/aromatic N) is 1. The summed E-state index contributed by atoms with van der Waals surface area (Å²) in [5, 5.41) is 6.08. The zero-order valence-electron chi connectivity index (χ0n) is 17.7. The Morgan fingerprint density at radius 3 is 2.37 bits per heavy atom. The molecule has 2 heterocycles. The predicted octanol–water partition coefficient (Wildman–Crippen LogP) is 0.657. The largest absolute Gasteiger partial charge is 0.450 e. The number of amides is 3. The van der Waals surface area contributed by atoms with Crippen molar-refractivity contribution in [2.45, 2.75) is 38.6 Å². The van der Waals surface area contributed by atoms with Crippen LogP contribution in [0.1, 0.15) is 32.6 Å². The second-order valence-electron chi connectivity index (χ2n) is 8.08. The lowest BCUT2D eigenvalue weighted by Gasteiger charge is -2.32. The average Bonchev–Trinajstić information content (AvgIpc) is 2.75. The van der Waals surface area contributed by atoms with Gasteiger partial charge in [0.15, 0.2) is 6.54 Å². The summed E-state index contributed by atoms with van der Waals surface area (Å²) in [5.74, 6) is 0.119. The summed E-state index contributed by atoms with van der Waals surface area (Å²) < 4.78 is 5.02. The molecular weight excluding hydrogens is 384 g/mol. The Morgan fingerprint density at radius 2 is 1.73 bits per heavy atom.